The zero-order chi connectivity index (χ0) is 11.8. The summed E-state index contributed by atoms with van der Waals surface area (Å²) in [6.07, 6.45) is 1.54. The van der Waals surface area contributed by atoms with Gasteiger partial charge in [-0.25, -0.2) is 4.98 Å². The van der Waals surface area contributed by atoms with Crippen molar-refractivity contribution < 1.29 is 0 Å². The van der Waals surface area contributed by atoms with Crippen LogP contribution < -0.4 is 0 Å². The maximum absolute atomic E-state index is 5.09. The normalized spacial score (nSPS) is 10.9. The Bertz CT molecular complexity index is 748. The lowest BCUT2D eigenvalue weighted by Gasteiger charge is -2.03. The number of rotatable bonds is 1. The van der Waals surface area contributed by atoms with Crippen LogP contribution in [0.15, 0.2) is 35.1 Å². The van der Waals surface area contributed by atoms with Crippen LogP contribution in [0.4, 0.5) is 0 Å². The molecule has 2 aromatic heterocycles. The molecule has 0 spiro atoms. The van der Waals surface area contributed by atoms with Crippen molar-refractivity contribution in [2.45, 2.75) is 0 Å². The molecule has 17 heavy (non-hydrogen) atoms. The zero-order valence-electron chi connectivity index (χ0n) is 8.46. The molecule has 0 fully saturated rings. The van der Waals surface area contributed by atoms with Crippen LogP contribution in [-0.2, 0) is 0 Å². The molecule has 3 aromatic rings. The zero-order valence-corrected chi connectivity index (χ0v) is 10.9. The quantitative estimate of drug-likeness (QED) is 0.702. The number of benzene rings is 1. The fourth-order valence-corrected chi connectivity index (χ4v) is 2.20. The van der Waals surface area contributed by atoms with Crippen molar-refractivity contribution in [3.05, 3.63) is 39.7 Å². The number of aromatic nitrogens is 5. The fourth-order valence-electron chi connectivity index (χ4n) is 1.56. The van der Waals surface area contributed by atoms with Gasteiger partial charge in [0.2, 0.25) is 0 Å². The second-order valence-corrected chi connectivity index (χ2v) is 4.60. The number of aromatic amines is 1. The first kappa shape index (κ1) is 10.5. The molecule has 0 bridgehead atoms. The van der Waals surface area contributed by atoms with Crippen LogP contribution in [-0.4, -0.2) is 25.0 Å². The molecule has 5 nitrogen and oxygen atoms in total. The van der Waals surface area contributed by atoms with Gasteiger partial charge in [0.1, 0.15) is 0 Å². The van der Waals surface area contributed by atoms with Crippen molar-refractivity contribution in [2.24, 2.45) is 0 Å². The van der Waals surface area contributed by atoms with E-state index in [9.17, 15) is 0 Å². The Morgan fingerprint density at radius 2 is 2.12 bits per heavy atom. The molecule has 0 aliphatic rings. The van der Waals surface area contributed by atoms with E-state index in [1.54, 1.807) is 11.0 Å². The van der Waals surface area contributed by atoms with E-state index in [2.05, 4.69) is 36.2 Å². The van der Waals surface area contributed by atoms with Gasteiger partial charge in [0.05, 0.1) is 12.0 Å². The van der Waals surface area contributed by atoms with Crippen LogP contribution in [0.25, 0.3) is 16.9 Å². The fraction of sp³-hybridized carbons (Fsp3) is 0. The van der Waals surface area contributed by atoms with Gasteiger partial charge in [0.25, 0.3) is 0 Å². The van der Waals surface area contributed by atoms with Gasteiger partial charge in [-0.15, -0.1) is 5.10 Å². The molecular weight excluding hydrogens is 302 g/mol. The number of nitrogens with one attached hydrogen (secondary N) is 1. The number of fused-ring (bicyclic) bond motifs is 1. The Kier molecular flexibility index (Phi) is 2.49. The van der Waals surface area contributed by atoms with Crippen LogP contribution in [0.2, 0.25) is 0 Å². The topological polar surface area (TPSA) is 59.4 Å². The molecule has 3 rings (SSSR count). The summed E-state index contributed by atoms with van der Waals surface area (Å²) in [6.45, 7) is 0. The minimum Gasteiger partial charge on any atom is -0.329 e. The lowest BCUT2D eigenvalue weighted by atomic mass is 10.3. The van der Waals surface area contributed by atoms with Crippen LogP contribution in [0, 0.1) is 4.64 Å². The average molecular weight is 308 g/mol. The minimum atomic E-state index is 0.442. The summed E-state index contributed by atoms with van der Waals surface area (Å²) in [5.74, 6) is 0. The van der Waals surface area contributed by atoms with Crippen LogP contribution in [0.3, 0.4) is 0 Å². The average Bonchev–Trinajstić information content (AvgIpc) is 2.75. The summed E-state index contributed by atoms with van der Waals surface area (Å²) in [5, 5.41) is 8.12. The number of H-pyrrole nitrogens is 1. The van der Waals surface area contributed by atoms with E-state index in [0.717, 1.165) is 15.8 Å². The van der Waals surface area contributed by atoms with Gasteiger partial charge < -0.3 is 4.98 Å². The van der Waals surface area contributed by atoms with E-state index in [0.29, 0.717) is 10.2 Å². The molecule has 0 aliphatic carbocycles. The second kappa shape index (κ2) is 4.01. The highest BCUT2D eigenvalue weighted by Crippen LogP contribution is 2.22. The predicted molar refractivity (Wildman–Crippen MR) is 69.5 cm³/mol. The third-order valence-corrected chi connectivity index (χ3v) is 3.31. The summed E-state index contributed by atoms with van der Waals surface area (Å²) < 4.78 is 3.07. The smallest absolute Gasteiger partial charge is 0.167 e. The highest BCUT2D eigenvalue weighted by Gasteiger charge is 2.10. The molecule has 1 aromatic carbocycles. The molecule has 2 heterocycles. The highest BCUT2D eigenvalue weighted by molar-refractivity contribution is 9.10. The van der Waals surface area contributed by atoms with Crippen LogP contribution >= 0.6 is 28.1 Å². The lowest BCUT2D eigenvalue weighted by molar-refractivity contribution is 0.814. The van der Waals surface area contributed by atoms with E-state index in [1.165, 1.54) is 0 Å². The van der Waals surface area contributed by atoms with Crippen molar-refractivity contribution in [3.8, 4) is 5.69 Å². The van der Waals surface area contributed by atoms with Crippen molar-refractivity contribution >= 4 is 39.3 Å². The maximum atomic E-state index is 5.09. The van der Waals surface area contributed by atoms with Crippen LogP contribution in [0.1, 0.15) is 0 Å². The van der Waals surface area contributed by atoms with Gasteiger partial charge in [0.15, 0.2) is 15.8 Å². The Morgan fingerprint density at radius 3 is 2.94 bits per heavy atom. The third-order valence-electron chi connectivity index (χ3n) is 2.34. The second-order valence-electron chi connectivity index (χ2n) is 3.36. The van der Waals surface area contributed by atoms with E-state index >= 15 is 0 Å². The molecule has 0 radical (unpaired) electrons. The maximum Gasteiger partial charge on any atom is 0.167 e. The SMILES string of the molecule is S=c1nc[nH]c2c1nnn2-c1ccccc1Br. The number of hydrogen-bond donors (Lipinski definition) is 1. The van der Waals surface area contributed by atoms with Crippen LogP contribution in [0.5, 0.6) is 0 Å². The van der Waals surface area contributed by atoms with Gasteiger partial charge in [-0.2, -0.15) is 4.68 Å². The highest BCUT2D eigenvalue weighted by atomic mass is 79.9. The Hall–Kier alpha value is -1.60. The summed E-state index contributed by atoms with van der Waals surface area (Å²) in [6, 6.07) is 7.76. The molecule has 84 valence electrons. The van der Waals surface area contributed by atoms with Gasteiger partial charge in [-0.05, 0) is 28.1 Å². The molecule has 0 saturated heterocycles. The molecule has 0 saturated carbocycles. The van der Waals surface area contributed by atoms with Crippen molar-refractivity contribution in [1.29, 1.82) is 0 Å². The molecule has 7 heteroatoms. The minimum absolute atomic E-state index is 0.442. The molecular formula is C10H6BrN5S. The number of para-hydroxylation sites is 1. The van der Waals surface area contributed by atoms with E-state index in [4.69, 9.17) is 12.2 Å². The molecule has 1 N–H and O–H groups in total. The van der Waals surface area contributed by atoms with Gasteiger partial charge in [-0.1, -0.05) is 29.6 Å². The van der Waals surface area contributed by atoms with Crippen molar-refractivity contribution in [1.82, 2.24) is 25.0 Å². The predicted octanol–water partition coefficient (Wildman–Crippen LogP) is 2.64. The van der Waals surface area contributed by atoms with Crippen molar-refractivity contribution in [2.75, 3.05) is 0 Å². The van der Waals surface area contributed by atoms with E-state index in [1.807, 2.05) is 24.3 Å². The van der Waals surface area contributed by atoms with E-state index in [-0.39, 0.29) is 0 Å². The first-order valence-corrected chi connectivity index (χ1v) is 6.01. The summed E-state index contributed by atoms with van der Waals surface area (Å²) >= 11 is 8.57. The monoisotopic (exact) mass is 307 g/mol. The standard InChI is InChI=1S/C10H6BrN5S/c11-6-3-1-2-4-7(6)16-9-8(14-15-16)10(17)13-5-12-9/h1-5H,(H,12,13,17). The molecule has 0 unspecified atom stereocenters. The Balaban J connectivity index is 2.36. The Labute approximate surface area is 110 Å². The first-order chi connectivity index (χ1) is 8.27. The van der Waals surface area contributed by atoms with Gasteiger partial charge in [0, 0.05) is 4.47 Å². The summed E-state index contributed by atoms with van der Waals surface area (Å²) in [5.41, 5.74) is 2.22. The number of nitrogens with zero attached hydrogens (tertiary/aromatic N) is 4. The summed E-state index contributed by atoms with van der Waals surface area (Å²) in [7, 11) is 0. The molecule has 0 atom stereocenters. The molecule has 0 aliphatic heterocycles. The van der Waals surface area contributed by atoms with Gasteiger partial charge in [-0.3, -0.25) is 0 Å². The number of halogens is 1. The third kappa shape index (κ3) is 1.67. The van der Waals surface area contributed by atoms with Gasteiger partial charge >= 0.3 is 0 Å². The summed E-state index contributed by atoms with van der Waals surface area (Å²) in [4.78, 5) is 6.97. The van der Waals surface area contributed by atoms with E-state index < -0.39 is 0 Å². The Morgan fingerprint density at radius 1 is 1.29 bits per heavy atom. The first-order valence-electron chi connectivity index (χ1n) is 4.81. The lowest BCUT2D eigenvalue weighted by Crippen LogP contribution is -1.98. The number of hydrogen-bond acceptors (Lipinski definition) is 4. The largest absolute Gasteiger partial charge is 0.329 e. The molecule has 0 amide bonds. The van der Waals surface area contributed by atoms with Crippen molar-refractivity contribution in [3.63, 3.8) is 0 Å².